The summed E-state index contributed by atoms with van der Waals surface area (Å²) in [6.45, 7) is 0. The van der Waals surface area contributed by atoms with Crippen molar-refractivity contribution in [1.82, 2.24) is 0 Å². The van der Waals surface area contributed by atoms with E-state index in [4.69, 9.17) is 11.6 Å². The zero-order valence-corrected chi connectivity index (χ0v) is 12.0. The Kier molecular flexibility index (Phi) is 3.55. The van der Waals surface area contributed by atoms with Gasteiger partial charge in [0.1, 0.15) is 0 Å². The normalized spacial score (nSPS) is 16.8. The minimum Gasteiger partial charge on any atom is -0.149 e. The standard InChI is InChI=1S/C14H15ClS2/c15-12(9-11-5-3-7-16-11)14-8-10-4-1-2-6-13(10)17-14/h3,5,7-8,12H,1-2,4,6,9H2. The van der Waals surface area contributed by atoms with E-state index in [1.165, 1.54) is 35.4 Å². The third-order valence-electron chi connectivity index (χ3n) is 3.28. The summed E-state index contributed by atoms with van der Waals surface area (Å²) in [7, 11) is 0. The number of hydrogen-bond acceptors (Lipinski definition) is 2. The third kappa shape index (κ3) is 2.59. The fourth-order valence-electron chi connectivity index (χ4n) is 2.37. The molecule has 2 aromatic heterocycles. The molecular formula is C14H15ClS2. The molecule has 1 unspecified atom stereocenters. The van der Waals surface area contributed by atoms with Gasteiger partial charge in [-0.15, -0.1) is 34.3 Å². The number of fused-ring (bicyclic) bond motifs is 1. The molecule has 0 amide bonds. The zero-order valence-electron chi connectivity index (χ0n) is 9.62. The molecule has 1 aliphatic rings. The summed E-state index contributed by atoms with van der Waals surface area (Å²) in [5.41, 5.74) is 1.56. The van der Waals surface area contributed by atoms with Gasteiger partial charge >= 0.3 is 0 Å². The van der Waals surface area contributed by atoms with Crippen LogP contribution in [0.3, 0.4) is 0 Å². The van der Waals surface area contributed by atoms with Gasteiger partial charge in [-0.2, -0.15) is 0 Å². The SMILES string of the molecule is ClC(Cc1cccs1)c1cc2c(s1)CCCC2. The van der Waals surface area contributed by atoms with Gasteiger partial charge in [0.15, 0.2) is 0 Å². The van der Waals surface area contributed by atoms with Gasteiger partial charge in [0.25, 0.3) is 0 Å². The second kappa shape index (κ2) is 5.13. The van der Waals surface area contributed by atoms with Crippen molar-refractivity contribution in [2.24, 2.45) is 0 Å². The van der Waals surface area contributed by atoms with E-state index in [0.717, 1.165) is 6.42 Å². The van der Waals surface area contributed by atoms with Crippen molar-refractivity contribution in [3.05, 3.63) is 43.8 Å². The molecule has 0 spiro atoms. The molecule has 0 bridgehead atoms. The van der Waals surface area contributed by atoms with E-state index in [1.54, 1.807) is 21.8 Å². The summed E-state index contributed by atoms with van der Waals surface area (Å²) in [5.74, 6) is 0. The first-order chi connectivity index (χ1) is 8.33. The molecule has 90 valence electrons. The zero-order chi connectivity index (χ0) is 11.7. The smallest absolute Gasteiger partial charge is 0.0726 e. The average molecular weight is 283 g/mol. The lowest BCUT2D eigenvalue weighted by Gasteiger charge is -2.08. The van der Waals surface area contributed by atoms with Crippen molar-refractivity contribution >= 4 is 34.3 Å². The lowest BCUT2D eigenvalue weighted by Crippen LogP contribution is -1.96. The Morgan fingerprint density at radius 1 is 1.29 bits per heavy atom. The molecule has 2 heterocycles. The van der Waals surface area contributed by atoms with Gasteiger partial charge in [0.05, 0.1) is 5.38 Å². The summed E-state index contributed by atoms with van der Waals surface area (Å²) in [6.07, 6.45) is 6.20. The molecule has 1 aliphatic carbocycles. The predicted molar refractivity (Wildman–Crippen MR) is 77.6 cm³/mol. The second-order valence-electron chi connectivity index (χ2n) is 4.56. The van der Waals surface area contributed by atoms with Gasteiger partial charge in [-0.05, 0) is 48.8 Å². The van der Waals surface area contributed by atoms with E-state index in [1.807, 2.05) is 11.3 Å². The summed E-state index contributed by atoms with van der Waals surface area (Å²) in [4.78, 5) is 4.34. The van der Waals surface area contributed by atoms with E-state index < -0.39 is 0 Å². The molecule has 17 heavy (non-hydrogen) atoms. The maximum atomic E-state index is 6.53. The van der Waals surface area contributed by atoms with Crippen LogP contribution in [-0.2, 0) is 19.3 Å². The van der Waals surface area contributed by atoms with E-state index in [-0.39, 0.29) is 5.38 Å². The maximum Gasteiger partial charge on any atom is 0.0726 e. The molecular weight excluding hydrogens is 268 g/mol. The number of hydrogen-bond donors (Lipinski definition) is 0. The minimum atomic E-state index is 0.157. The van der Waals surface area contributed by atoms with Crippen LogP contribution >= 0.6 is 34.3 Å². The first kappa shape index (κ1) is 11.8. The fraction of sp³-hybridized carbons (Fsp3) is 0.429. The van der Waals surface area contributed by atoms with Crippen molar-refractivity contribution in [2.45, 2.75) is 37.5 Å². The van der Waals surface area contributed by atoms with Gasteiger partial charge in [-0.1, -0.05) is 6.07 Å². The second-order valence-corrected chi connectivity index (χ2v) is 7.28. The van der Waals surface area contributed by atoms with Crippen LogP contribution in [0, 0.1) is 0 Å². The van der Waals surface area contributed by atoms with E-state index in [0.29, 0.717) is 0 Å². The molecule has 0 aliphatic heterocycles. The molecule has 1 atom stereocenters. The fourth-order valence-corrected chi connectivity index (χ4v) is 4.82. The quantitative estimate of drug-likeness (QED) is 0.678. The van der Waals surface area contributed by atoms with Crippen LogP contribution in [0.25, 0.3) is 0 Å². The first-order valence-electron chi connectivity index (χ1n) is 6.11. The number of alkyl halides is 1. The summed E-state index contributed by atoms with van der Waals surface area (Å²) >= 11 is 10.3. The van der Waals surface area contributed by atoms with Crippen LogP contribution in [0.1, 0.15) is 38.4 Å². The van der Waals surface area contributed by atoms with Gasteiger partial charge in [-0.25, -0.2) is 0 Å². The van der Waals surface area contributed by atoms with Crippen molar-refractivity contribution in [1.29, 1.82) is 0 Å². The maximum absolute atomic E-state index is 6.53. The third-order valence-corrected chi connectivity index (χ3v) is 6.05. The number of rotatable bonds is 3. The molecule has 0 N–H and O–H groups in total. The van der Waals surface area contributed by atoms with Gasteiger partial charge in [0, 0.05) is 21.1 Å². The van der Waals surface area contributed by atoms with Crippen LogP contribution in [0.4, 0.5) is 0 Å². The Labute approximate surface area is 115 Å². The average Bonchev–Trinajstić information content (AvgIpc) is 2.96. The van der Waals surface area contributed by atoms with Crippen molar-refractivity contribution in [2.75, 3.05) is 0 Å². The molecule has 0 radical (unpaired) electrons. The number of thiophene rings is 2. The first-order valence-corrected chi connectivity index (χ1v) is 8.24. The highest BCUT2D eigenvalue weighted by Gasteiger charge is 2.18. The van der Waals surface area contributed by atoms with Crippen molar-refractivity contribution in [3.8, 4) is 0 Å². The molecule has 0 fully saturated rings. The molecule has 0 saturated heterocycles. The Hall–Kier alpha value is -0.310. The van der Waals surface area contributed by atoms with Crippen LogP contribution in [0.15, 0.2) is 23.6 Å². The monoisotopic (exact) mass is 282 g/mol. The van der Waals surface area contributed by atoms with Gasteiger partial charge < -0.3 is 0 Å². The lowest BCUT2D eigenvalue weighted by molar-refractivity contribution is 0.697. The highest BCUT2D eigenvalue weighted by molar-refractivity contribution is 7.12. The van der Waals surface area contributed by atoms with Gasteiger partial charge in [-0.3, -0.25) is 0 Å². The van der Waals surface area contributed by atoms with Crippen LogP contribution in [0.2, 0.25) is 0 Å². The molecule has 2 aromatic rings. The van der Waals surface area contributed by atoms with Crippen LogP contribution in [0.5, 0.6) is 0 Å². The Morgan fingerprint density at radius 3 is 2.94 bits per heavy atom. The molecule has 0 saturated carbocycles. The Balaban J connectivity index is 1.77. The lowest BCUT2D eigenvalue weighted by atomic mass is 9.99. The topological polar surface area (TPSA) is 0 Å². The van der Waals surface area contributed by atoms with Crippen LogP contribution in [-0.4, -0.2) is 0 Å². The van der Waals surface area contributed by atoms with E-state index in [9.17, 15) is 0 Å². The molecule has 3 rings (SSSR count). The summed E-state index contributed by atoms with van der Waals surface area (Å²) < 4.78 is 0. The summed E-state index contributed by atoms with van der Waals surface area (Å²) in [6, 6.07) is 6.63. The molecule has 3 heteroatoms. The van der Waals surface area contributed by atoms with Gasteiger partial charge in [0.2, 0.25) is 0 Å². The Morgan fingerprint density at radius 2 is 2.18 bits per heavy atom. The molecule has 0 aromatic carbocycles. The highest BCUT2D eigenvalue weighted by atomic mass is 35.5. The number of aryl methyl sites for hydroxylation is 2. The van der Waals surface area contributed by atoms with Crippen LogP contribution < -0.4 is 0 Å². The minimum absolute atomic E-state index is 0.157. The highest BCUT2D eigenvalue weighted by Crippen LogP contribution is 2.37. The summed E-state index contributed by atoms with van der Waals surface area (Å²) in [5, 5.41) is 2.28. The van der Waals surface area contributed by atoms with Crippen molar-refractivity contribution in [3.63, 3.8) is 0 Å². The van der Waals surface area contributed by atoms with E-state index in [2.05, 4.69) is 23.6 Å². The predicted octanol–water partition coefficient (Wildman–Crippen LogP) is 5.21. The Bertz CT molecular complexity index is 461. The molecule has 0 nitrogen and oxygen atoms in total. The number of halogens is 1. The van der Waals surface area contributed by atoms with E-state index >= 15 is 0 Å². The largest absolute Gasteiger partial charge is 0.149 e. The van der Waals surface area contributed by atoms with Crippen molar-refractivity contribution < 1.29 is 0 Å².